The van der Waals surface area contributed by atoms with Crippen LogP contribution >= 0.6 is 0 Å². The fourth-order valence-corrected chi connectivity index (χ4v) is 3.20. The Hall–Kier alpha value is -0.610. The molecule has 4 nitrogen and oxygen atoms in total. The van der Waals surface area contributed by atoms with Crippen molar-refractivity contribution in [1.29, 1.82) is 0 Å². The predicted octanol–water partition coefficient (Wildman–Crippen LogP) is 1.49. The molecule has 0 aromatic heterocycles. The molecule has 106 valence electrons. The first-order chi connectivity index (χ1) is 8.44. The molecule has 0 radical (unpaired) electrons. The van der Waals surface area contributed by atoms with Gasteiger partial charge in [0.2, 0.25) is 5.91 Å². The third kappa shape index (κ3) is 3.45. The molecule has 0 aliphatic heterocycles. The highest BCUT2D eigenvalue weighted by Crippen LogP contribution is 2.27. The van der Waals surface area contributed by atoms with Crippen LogP contribution in [0.5, 0.6) is 0 Å². The maximum absolute atomic E-state index is 11.6. The maximum atomic E-state index is 11.6. The molecule has 1 fully saturated rings. The normalized spacial score (nSPS) is 22.1. The van der Waals surface area contributed by atoms with Crippen molar-refractivity contribution in [2.24, 2.45) is 5.73 Å². The minimum Gasteiger partial charge on any atom is -0.368 e. The number of carbonyl (C=O) groups is 1. The summed E-state index contributed by atoms with van der Waals surface area (Å²) in [7, 11) is 1.81. The zero-order chi connectivity index (χ0) is 13.8. The van der Waals surface area contributed by atoms with E-state index >= 15 is 0 Å². The van der Waals surface area contributed by atoms with E-state index in [2.05, 4.69) is 24.1 Å². The first-order valence-corrected chi connectivity index (χ1v) is 7.19. The quantitative estimate of drug-likeness (QED) is 0.724. The van der Waals surface area contributed by atoms with Gasteiger partial charge in [-0.05, 0) is 46.7 Å². The number of rotatable bonds is 7. The first-order valence-electron chi connectivity index (χ1n) is 7.19. The van der Waals surface area contributed by atoms with Gasteiger partial charge in [-0.25, -0.2) is 0 Å². The van der Waals surface area contributed by atoms with Crippen molar-refractivity contribution in [3.05, 3.63) is 0 Å². The molecule has 0 aromatic rings. The Morgan fingerprint density at radius 1 is 1.50 bits per heavy atom. The Morgan fingerprint density at radius 3 is 2.44 bits per heavy atom. The van der Waals surface area contributed by atoms with Crippen molar-refractivity contribution in [3.8, 4) is 0 Å². The fourth-order valence-electron chi connectivity index (χ4n) is 3.20. The first kappa shape index (κ1) is 15.4. The number of nitrogens with two attached hydrogens (primary N) is 1. The smallest absolute Gasteiger partial charge is 0.237 e. The van der Waals surface area contributed by atoms with Crippen LogP contribution in [0.25, 0.3) is 0 Å². The number of amides is 1. The molecular weight excluding hydrogens is 226 g/mol. The summed E-state index contributed by atoms with van der Waals surface area (Å²) < 4.78 is 0. The number of nitrogens with one attached hydrogen (secondary N) is 1. The van der Waals surface area contributed by atoms with Gasteiger partial charge in [-0.2, -0.15) is 0 Å². The standard InChI is InChI=1S/C14H29N3O/c1-5-17(12-8-6-7-9-12)11(2)10-14(3,16-4)13(15)18/h11-12,16H,5-10H2,1-4H3,(H2,15,18). The van der Waals surface area contributed by atoms with Crippen molar-refractivity contribution in [2.75, 3.05) is 13.6 Å². The second kappa shape index (κ2) is 6.53. The van der Waals surface area contributed by atoms with Gasteiger partial charge in [0, 0.05) is 12.1 Å². The lowest BCUT2D eigenvalue weighted by atomic mass is 9.91. The molecule has 1 aliphatic rings. The summed E-state index contributed by atoms with van der Waals surface area (Å²) in [6.07, 6.45) is 6.04. The zero-order valence-corrected chi connectivity index (χ0v) is 12.3. The molecule has 1 saturated carbocycles. The SMILES string of the molecule is CCN(C(C)CC(C)(NC)C(N)=O)C1CCCC1. The summed E-state index contributed by atoms with van der Waals surface area (Å²) in [5, 5.41) is 3.08. The number of carbonyl (C=O) groups excluding carboxylic acids is 1. The van der Waals surface area contributed by atoms with Crippen LogP contribution in [0.2, 0.25) is 0 Å². The molecule has 0 saturated heterocycles. The van der Waals surface area contributed by atoms with Crippen LogP contribution < -0.4 is 11.1 Å². The summed E-state index contributed by atoms with van der Waals surface area (Å²) >= 11 is 0. The van der Waals surface area contributed by atoms with Crippen LogP contribution in [0.15, 0.2) is 0 Å². The summed E-state index contributed by atoms with van der Waals surface area (Å²) in [5.41, 5.74) is 4.90. The fraction of sp³-hybridized carbons (Fsp3) is 0.929. The van der Waals surface area contributed by atoms with Crippen molar-refractivity contribution in [3.63, 3.8) is 0 Å². The molecule has 1 amide bonds. The number of nitrogens with zero attached hydrogens (tertiary/aromatic N) is 1. The molecule has 0 bridgehead atoms. The van der Waals surface area contributed by atoms with Gasteiger partial charge in [-0.3, -0.25) is 9.69 Å². The van der Waals surface area contributed by atoms with Gasteiger partial charge in [0.05, 0.1) is 5.54 Å². The molecule has 0 heterocycles. The molecule has 18 heavy (non-hydrogen) atoms. The molecule has 4 heteroatoms. The largest absolute Gasteiger partial charge is 0.368 e. The monoisotopic (exact) mass is 255 g/mol. The van der Waals surface area contributed by atoms with Crippen molar-refractivity contribution in [1.82, 2.24) is 10.2 Å². The van der Waals surface area contributed by atoms with E-state index < -0.39 is 5.54 Å². The lowest BCUT2D eigenvalue weighted by Gasteiger charge is -2.38. The highest BCUT2D eigenvalue weighted by atomic mass is 16.1. The number of primary amides is 1. The van der Waals surface area contributed by atoms with Crippen LogP contribution in [-0.2, 0) is 4.79 Å². The van der Waals surface area contributed by atoms with E-state index in [0.29, 0.717) is 12.1 Å². The Bertz CT molecular complexity index is 276. The Balaban J connectivity index is 2.66. The lowest BCUT2D eigenvalue weighted by Crippen LogP contribution is -2.55. The van der Waals surface area contributed by atoms with Crippen LogP contribution in [0.3, 0.4) is 0 Å². The molecule has 2 atom stereocenters. The van der Waals surface area contributed by atoms with Crippen LogP contribution in [0.1, 0.15) is 52.9 Å². The van der Waals surface area contributed by atoms with E-state index in [9.17, 15) is 4.79 Å². The van der Waals surface area contributed by atoms with Gasteiger partial charge in [-0.15, -0.1) is 0 Å². The number of hydrogen-bond donors (Lipinski definition) is 2. The molecule has 1 rings (SSSR count). The third-order valence-corrected chi connectivity index (χ3v) is 4.52. The second-order valence-electron chi connectivity index (χ2n) is 5.77. The van der Waals surface area contributed by atoms with Crippen LogP contribution in [-0.4, -0.2) is 42.0 Å². The highest BCUT2D eigenvalue weighted by molar-refractivity contribution is 5.84. The Morgan fingerprint density at radius 2 is 2.06 bits per heavy atom. The summed E-state index contributed by atoms with van der Waals surface area (Å²) in [4.78, 5) is 14.1. The second-order valence-corrected chi connectivity index (χ2v) is 5.77. The molecule has 2 unspecified atom stereocenters. The maximum Gasteiger partial charge on any atom is 0.237 e. The van der Waals surface area contributed by atoms with Crippen LogP contribution in [0.4, 0.5) is 0 Å². The van der Waals surface area contributed by atoms with Gasteiger partial charge in [0.25, 0.3) is 0 Å². The minimum absolute atomic E-state index is 0.265. The van der Waals surface area contributed by atoms with E-state index in [0.717, 1.165) is 13.0 Å². The summed E-state index contributed by atoms with van der Waals surface area (Å²) in [6.45, 7) is 7.36. The van der Waals surface area contributed by atoms with Crippen molar-refractivity contribution >= 4 is 5.91 Å². The van der Waals surface area contributed by atoms with E-state index in [1.165, 1.54) is 25.7 Å². The topological polar surface area (TPSA) is 58.4 Å². The van der Waals surface area contributed by atoms with E-state index in [1.54, 1.807) is 0 Å². The summed E-state index contributed by atoms with van der Waals surface area (Å²) in [6, 6.07) is 1.07. The van der Waals surface area contributed by atoms with Crippen molar-refractivity contribution in [2.45, 2.75) is 70.5 Å². The average molecular weight is 255 g/mol. The van der Waals surface area contributed by atoms with Gasteiger partial charge in [-0.1, -0.05) is 19.8 Å². The highest BCUT2D eigenvalue weighted by Gasteiger charge is 2.34. The number of hydrogen-bond acceptors (Lipinski definition) is 3. The van der Waals surface area contributed by atoms with Gasteiger partial charge in [0.15, 0.2) is 0 Å². The van der Waals surface area contributed by atoms with E-state index in [1.807, 2.05) is 14.0 Å². The average Bonchev–Trinajstić information content (AvgIpc) is 2.83. The van der Waals surface area contributed by atoms with Crippen molar-refractivity contribution < 1.29 is 4.79 Å². The molecule has 3 N–H and O–H groups in total. The zero-order valence-electron chi connectivity index (χ0n) is 12.3. The third-order valence-electron chi connectivity index (χ3n) is 4.52. The van der Waals surface area contributed by atoms with E-state index in [4.69, 9.17) is 5.73 Å². The Kier molecular flexibility index (Phi) is 5.60. The van der Waals surface area contributed by atoms with Gasteiger partial charge in [0.1, 0.15) is 0 Å². The molecule has 1 aliphatic carbocycles. The van der Waals surface area contributed by atoms with E-state index in [-0.39, 0.29) is 5.91 Å². The summed E-state index contributed by atoms with van der Waals surface area (Å²) in [5.74, 6) is -0.265. The van der Waals surface area contributed by atoms with Gasteiger partial charge < -0.3 is 11.1 Å². The lowest BCUT2D eigenvalue weighted by molar-refractivity contribution is -0.124. The van der Waals surface area contributed by atoms with Gasteiger partial charge >= 0.3 is 0 Å². The Labute approximate surface area is 111 Å². The minimum atomic E-state index is -0.606. The van der Waals surface area contributed by atoms with Crippen LogP contribution in [0, 0.1) is 0 Å². The molecule has 0 spiro atoms. The molecule has 0 aromatic carbocycles. The number of likely N-dealkylation sites (N-methyl/N-ethyl adjacent to an activating group) is 1. The predicted molar refractivity (Wildman–Crippen MR) is 75.4 cm³/mol. The molecular formula is C14H29N3O.